The number of aliphatic hydroxyl groups is 1. The molecule has 1 fully saturated rings. The quantitative estimate of drug-likeness (QED) is 0.410. The van der Waals surface area contributed by atoms with E-state index in [1.165, 1.54) is 6.92 Å². The highest BCUT2D eigenvalue weighted by Crippen LogP contribution is 2.24. The normalized spacial score (nSPS) is 35.6. The van der Waals surface area contributed by atoms with Gasteiger partial charge in [-0.3, -0.25) is 9.59 Å². The molecule has 0 aromatic carbocycles. The third kappa shape index (κ3) is 1.50. The van der Waals surface area contributed by atoms with Gasteiger partial charge in [0.1, 0.15) is 5.92 Å². The summed E-state index contributed by atoms with van der Waals surface area (Å²) in [7, 11) is 0. The molecule has 0 saturated carbocycles. The lowest BCUT2D eigenvalue weighted by Gasteiger charge is -2.30. The summed E-state index contributed by atoms with van der Waals surface area (Å²) in [5.41, 5.74) is 3.63. The van der Waals surface area contributed by atoms with E-state index in [0.29, 0.717) is 0 Å². The minimum absolute atomic E-state index is 0.0475. The van der Waals surface area contributed by atoms with Gasteiger partial charge >= 0.3 is 5.97 Å². The van der Waals surface area contributed by atoms with Crippen molar-refractivity contribution < 1.29 is 19.8 Å². The van der Waals surface area contributed by atoms with Crippen LogP contribution in [0.2, 0.25) is 0 Å². The van der Waals surface area contributed by atoms with Crippen molar-refractivity contribution >= 4 is 11.9 Å². The average molecular weight is 188 g/mol. The summed E-state index contributed by atoms with van der Waals surface area (Å²) in [4.78, 5) is 21.4. The van der Waals surface area contributed by atoms with Gasteiger partial charge in [-0.15, -0.1) is 0 Å². The topological polar surface area (TPSA) is 113 Å². The first-order valence-electron chi connectivity index (χ1n) is 3.89. The number of amides is 1. The maximum Gasteiger partial charge on any atom is 0.311 e. The number of rotatable bonds is 2. The van der Waals surface area contributed by atoms with Gasteiger partial charge in [-0.05, 0) is 6.92 Å². The molecule has 1 rings (SSSR count). The molecule has 3 atom stereocenters. The van der Waals surface area contributed by atoms with Gasteiger partial charge in [-0.1, -0.05) is 0 Å². The maximum absolute atomic E-state index is 10.9. The van der Waals surface area contributed by atoms with Crippen LogP contribution in [0.5, 0.6) is 0 Å². The molecule has 0 aromatic heterocycles. The predicted octanol–water partition coefficient (Wildman–Crippen LogP) is -1.76. The van der Waals surface area contributed by atoms with Crippen LogP contribution < -0.4 is 11.1 Å². The monoisotopic (exact) mass is 188 g/mol. The fourth-order valence-electron chi connectivity index (χ4n) is 1.34. The molecule has 0 aromatic rings. The van der Waals surface area contributed by atoms with Crippen LogP contribution in [0.3, 0.4) is 0 Å². The number of aliphatic carboxylic acids is 1. The molecule has 1 amide bonds. The summed E-state index contributed by atoms with van der Waals surface area (Å²) in [6.07, 6.45) is -0.0475. The standard InChI is InChI=1S/C7H12N2O4/c1-3(6(11)12)7(13)4(8)2-5(10)9-7/h3-4,13H,2,8H2,1H3,(H,9,10)(H,11,12). The summed E-state index contributed by atoms with van der Waals surface area (Å²) < 4.78 is 0. The first-order chi connectivity index (χ1) is 5.88. The number of hydrogen-bond donors (Lipinski definition) is 4. The number of hydrogen-bond acceptors (Lipinski definition) is 4. The van der Waals surface area contributed by atoms with Gasteiger partial charge in [0.15, 0.2) is 5.72 Å². The molecule has 0 spiro atoms. The molecule has 6 heteroatoms. The van der Waals surface area contributed by atoms with Crippen LogP contribution in [0.25, 0.3) is 0 Å². The molecule has 5 N–H and O–H groups in total. The van der Waals surface area contributed by atoms with E-state index in [4.69, 9.17) is 10.8 Å². The van der Waals surface area contributed by atoms with E-state index in [-0.39, 0.29) is 6.42 Å². The summed E-state index contributed by atoms with van der Waals surface area (Å²) in [6, 6.07) is -0.869. The van der Waals surface area contributed by atoms with Crippen molar-refractivity contribution in [3.8, 4) is 0 Å². The fourth-order valence-corrected chi connectivity index (χ4v) is 1.34. The molecule has 1 aliphatic rings. The van der Waals surface area contributed by atoms with Crippen LogP contribution in [-0.2, 0) is 9.59 Å². The van der Waals surface area contributed by atoms with Crippen LogP contribution in [0, 0.1) is 5.92 Å². The highest BCUT2D eigenvalue weighted by Gasteiger charge is 2.50. The fraction of sp³-hybridized carbons (Fsp3) is 0.714. The predicted molar refractivity (Wildman–Crippen MR) is 42.5 cm³/mol. The molecule has 3 unspecified atom stereocenters. The van der Waals surface area contributed by atoms with Gasteiger partial charge in [0, 0.05) is 6.42 Å². The second-order valence-corrected chi connectivity index (χ2v) is 3.24. The Bertz CT molecular complexity index is 255. The zero-order valence-corrected chi connectivity index (χ0v) is 7.15. The van der Waals surface area contributed by atoms with E-state index >= 15 is 0 Å². The smallest absolute Gasteiger partial charge is 0.311 e. The van der Waals surface area contributed by atoms with Gasteiger partial charge in [-0.25, -0.2) is 0 Å². The highest BCUT2D eigenvalue weighted by molar-refractivity contribution is 5.82. The van der Waals surface area contributed by atoms with Crippen LogP contribution in [0.4, 0.5) is 0 Å². The van der Waals surface area contributed by atoms with Crippen molar-refractivity contribution in [2.24, 2.45) is 11.7 Å². The Kier molecular flexibility index (Phi) is 2.27. The number of nitrogens with one attached hydrogen (secondary N) is 1. The van der Waals surface area contributed by atoms with Crippen LogP contribution in [0.15, 0.2) is 0 Å². The molecule has 6 nitrogen and oxygen atoms in total. The lowest BCUT2D eigenvalue weighted by Crippen LogP contribution is -2.58. The molecule has 0 radical (unpaired) electrons. The van der Waals surface area contributed by atoms with Crippen molar-refractivity contribution in [2.45, 2.75) is 25.1 Å². The average Bonchev–Trinajstić information content (AvgIpc) is 2.25. The zero-order chi connectivity index (χ0) is 10.2. The number of carboxylic acids is 1. The number of carbonyl (C=O) groups is 2. The number of carboxylic acid groups (broad SMARTS) is 1. The Morgan fingerprint density at radius 1 is 1.85 bits per heavy atom. The van der Waals surface area contributed by atoms with Crippen molar-refractivity contribution in [2.75, 3.05) is 0 Å². The Morgan fingerprint density at radius 2 is 2.38 bits per heavy atom. The van der Waals surface area contributed by atoms with Crippen molar-refractivity contribution in [3.63, 3.8) is 0 Å². The highest BCUT2D eigenvalue weighted by atomic mass is 16.4. The minimum Gasteiger partial charge on any atom is -0.481 e. The molecule has 13 heavy (non-hydrogen) atoms. The molecular weight excluding hydrogens is 176 g/mol. The SMILES string of the molecule is CC(C(=O)O)C1(O)NC(=O)CC1N. The summed E-state index contributed by atoms with van der Waals surface area (Å²) >= 11 is 0. The number of nitrogens with two attached hydrogens (primary N) is 1. The third-order valence-electron chi connectivity index (χ3n) is 2.34. The number of carbonyl (C=O) groups excluding carboxylic acids is 1. The zero-order valence-electron chi connectivity index (χ0n) is 7.15. The Hall–Kier alpha value is -1.14. The molecule has 1 heterocycles. The largest absolute Gasteiger partial charge is 0.481 e. The van der Waals surface area contributed by atoms with Gasteiger partial charge in [0.25, 0.3) is 0 Å². The van der Waals surface area contributed by atoms with Crippen molar-refractivity contribution in [1.29, 1.82) is 0 Å². The third-order valence-corrected chi connectivity index (χ3v) is 2.34. The maximum atomic E-state index is 10.9. The Morgan fingerprint density at radius 3 is 2.69 bits per heavy atom. The first-order valence-corrected chi connectivity index (χ1v) is 3.89. The first kappa shape index (κ1) is 9.94. The van der Waals surface area contributed by atoms with Crippen LogP contribution in [-0.4, -0.2) is 33.9 Å². The summed E-state index contributed by atoms with van der Waals surface area (Å²) in [6.45, 7) is 1.30. The molecule has 1 aliphatic heterocycles. The molecule has 0 bridgehead atoms. The van der Waals surface area contributed by atoms with Crippen LogP contribution in [0.1, 0.15) is 13.3 Å². The molecular formula is C7H12N2O4. The van der Waals surface area contributed by atoms with E-state index in [1.807, 2.05) is 0 Å². The lowest BCUT2D eigenvalue weighted by atomic mass is 9.92. The van der Waals surface area contributed by atoms with Gasteiger partial charge in [0.05, 0.1) is 6.04 Å². The van der Waals surface area contributed by atoms with E-state index in [9.17, 15) is 14.7 Å². The molecule has 74 valence electrons. The van der Waals surface area contributed by atoms with E-state index < -0.39 is 29.6 Å². The minimum atomic E-state index is -1.82. The summed E-state index contributed by atoms with van der Waals surface area (Å²) in [5.74, 6) is -2.74. The Balaban J connectivity index is 2.87. The lowest BCUT2D eigenvalue weighted by molar-refractivity contribution is -0.153. The van der Waals surface area contributed by atoms with E-state index in [1.54, 1.807) is 0 Å². The van der Waals surface area contributed by atoms with Crippen LogP contribution >= 0.6 is 0 Å². The van der Waals surface area contributed by atoms with Gasteiger partial charge in [-0.2, -0.15) is 0 Å². The van der Waals surface area contributed by atoms with E-state index in [2.05, 4.69) is 5.32 Å². The molecule has 1 saturated heterocycles. The van der Waals surface area contributed by atoms with Gasteiger partial charge in [0.2, 0.25) is 5.91 Å². The van der Waals surface area contributed by atoms with Crippen molar-refractivity contribution in [3.05, 3.63) is 0 Å². The molecule has 0 aliphatic carbocycles. The second-order valence-electron chi connectivity index (χ2n) is 3.24. The summed E-state index contributed by atoms with van der Waals surface area (Å²) in [5, 5.41) is 20.5. The van der Waals surface area contributed by atoms with Gasteiger partial charge < -0.3 is 21.3 Å². The van der Waals surface area contributed by atoms with E-state index in [0.717, 1.165) is 0 Å². The van der Waals surface area contributed by atoms with Crippen molar-refractivity contribution in [1.82, 2.24) is 5.32 Å². The second kappa shape index (κ2) is 2.97. The Labute approximate surface area is 74.7 Å².